The Morgan fingerprint density at radius 1 is 1.33 bits per heavy atom. The van der Waals surface area contributed by atoms with Gasteiger partial charge in [0, 0.05) is 15.6 Å². The highest BCUT2D eigenvalue weighted by Gasteiger charge is 2.26. The molecule has 18 heavy (non-hydrogen) atoms. The number of aliphatic hydroxyl groups is 1. The van der Waals surface area contributed by atoms with Gasteiger partial charge in [0.25, 0.3) is 0 Å². The second kappa shape index (κ2) is 6.18. The van der Waals surface area contributed by atoms with Crippen LogP contribution in [0.4, 0.5) is 0 Å². The van der Waals surface area contributed by atoms with Crippen LogP contribution in [0.2, 0.25) is 10.0 Å². The minimum atomic E-state index is -4.41. The maximum atomic E-state index is 10.8. The molecule has 1 aromatic carbocycles. The van der Waals surface area contributed by atoms with Crippen LogP contribution in [0, 0.1) is 0 Å². The van der Waals surface area contributed by atoms with Crippen LogP contribution in [0.3, 0.4) is 0 Å². The molecule has 3 N–H and O–H groups in total. The Morgan fingerprint density at radius 3 is 2.22 bits per heavy atom. The van der Waals surface area contributed by atoms with Crippen LogP contribution in [0.15, 0.2) is 18.2 Å². The number of aliphatic hydroxyl groups excluding tert-OH is 1. The van der Waals surface area contributed by atoms with E-state index in [1.54, 1.807) is 13.0 Å². The number of benzene rings is 1. The molecule has 0 saturated carbocycles. The predicted molar refractivity (Wildman–Crippen MR) is 70.2 cm³/mol. The van der Waals surface area contributed by atoms with Gasteiger partial charge in [0.2, 0.25) is 0 Å². The van der Waals surface area contributed by atoms with E-state index in [2.05, 4.69) is 0 Å². The summed E-state index contributed by atoms with van der Waals surface area (Å²) in [7, 11) is -4.41. The van der Waals surface area contributed by atoms with E-state index in [9.17, 15) is 13.5 Å². The molecule has 0 fully saturated rings. The molecule has 1 rings (SSSR count). The molecule has 0 aromatic heterocycles. The van der Waals surface area contributed by atoms with Crippen LogP contribution in [0.5, 0.6) is 0 Å². The summed E-state index contributed by atoms with van der Waals surface area (Å²) in [5.74, 6) is 0. The fraction of sp³-hybridized carbons (Fsp3) is 0.400. The lowest BCUT2D eigenvalue weighted by Crippen LogP contribution is -2.38. The van der Waals surface area contributed by atoms with Gasteiger partial charge in [-0.25, -0.2) is 0 Å². The molecule has 0 radical (unpaired) electrons. The summed E-state index contributed by atoms with van der Waals surface area (Å²) >= 11 is 11.8. The first-order chi connectivity index (χ1) is 8.26. The third-order valence-corrected chi connectivity index (χ3v) is 3.68. The van der Waals surface area contributed by atoms with Crippen molar-refractivity contribution >= 4 is 33.5 Å². The van der Waals surface area contributed by atoms with Gasteiger partial charge in [-0.1, -0.05) is 36.2 Å². The van der Waals surface area contributed by atoms with Crippen LogP contribution in [-0.2, 0) is 10.3 Å². The van der Waals surface area contributed by atoms with Gasteiger partial charge in [0.15, 0.2) is 0 Å². The Labute approximate surface area is 116 Å². The Balaban J connectivity index is 3.07. The molecular weight excluding hydrogens is 301 g/mol. The largest absolute Gasteiger partial charge is 0.387 e. The van der Waals surface area contributed by atoms with E-state index in [1.807, 2.05) is 4.72 Å². The van der Waals surface area contributed by atoms with Crippen LogP contribution in [-0.4, -0.2) is 24.1 Å². The zero-order chi connectivity index (χ0) is 13.9. The Hall–Kier alpha value is -0.370. The maximum Gasteiger partial charge on any atom is 0.333 e. The van der Waals surface area contributed by atoms with Gasteiger partial charge >= 0.3 is 10.3 Å². The summed E-state index contributed by atoms with van der Waals surface area (Å²) in [6, 6.07) is 3.76. The van der Waals surface area contributed by atoms with Crippen molar-refractivity contribution in [3.05, 3.63) is 33.8 Å². The minimum absolute atomic E-state index is 0.226. The van der Waals surface area contributed by atoms with Gasteiger partial charge in [0.1, 0.15) is 0 Å². The SMILES string of the molecule is CC[C@H](NS(=O)(=O)O)[C@@H](O)c1c(Cl)cccc1Cl. The van der Waals surface area contributed by atoms with E-state index in [1.165, 1.54) is 12.1 Å². The van der Waals surface area contributed by atoms with Crippen LogP contribution in [0.1, 0.15) is 25.0 Å². The first kappa shape index (κ1) is 15.7. The lowest BCUT2D eigenvalue weighted by atomic mass is 10.0. The summed E-state index contributed by atoms with van der Waals surface area (Å²) in [5, 5.41) is 10.6. The van der Waals surface area contributed by atoms with Gasteiger partial charge in [0.05, 0.1) is 12.1 Å². The molecule has 0 amide bonds. The van der Waals surface area contributed by atoms with Crippen molar-refractivity contribution in [2.24, 2.45) is 0 Å². The summed E-state index contributed by atoms with van der Waals surface area (Å²) in [6.45, 7) is 1.65. The van der Waals surface area contributed by atoms with Gasteiger partial charge < -0.3 is 5.11 Å². The fourth-order valence-corrected chi connectivity index (χ4v) is 2.86. The molecule has 8 heteroatoms. The topological polar surface area (TPSA) is 86.6 Å². The number of halogens is 2. The first-order valence-corrected chi connectivity index (χ1v) is 7.32. The number of nitrogens with one attached hydrogen (secondary N) is 1. The van der Waals surface area contributed by atoms with E-state index >= 15 is 0 Å². The molecule has 0 heterocycles. The van der Waals surface area contributed by atoms with Crippen molar-refractivity contribution < 1.29 is 18.1 Å². The quantitative estimate of drug-likeness (QED) is 0.727. The zero-order valence-electron chi connectivity index (χ0n) is 9.47. The molecule has 0 bridgehead atoms. The fourth-order valence-electron chi connectivity index (χ4n) is 1.56. The average Bonchev–Trinajstić information content (AvgIpc) is 2.24. The maximum absolute atomic E-state index is 10.8. The van der Waals surface area contributed by atoms with Gasteiger partial charge in [-0.3, -0.25) is 4.55 Å². The van der Waals surface area contributed by atoms with Gasteiger partial charge in [-0.05, 0) is 18.6 Å². The van der Waals surface area contributed by atoms with Crippen molar-refractivity contribution in [1.82, 2.24) is 4.72 Å². The molecule has 2 atom stereocenters. The molecule has 1 aromatic rings. The summed E-state index contributed by atoms with van der Waals surface area (Å²) in [4.78, 5) is 0. The minimum Gasteiger partial charge on any atom is -0.387 e. The molecule has 102 valence electrons. The second-order valence-corrected chi connectivity index (χ2v) is 5.69. The van der Waals surface area contributed by atoms with E-state index < -0.39 is 22.4 Å². The van der Waals surface area contributed by atoms with E-state index in [4.69, 9.17) is 27.8 Å². The van der Waals surface area contributed by atoms with Crippen LogP contribution < -0.4 is 4.72 Å². The Morgan fingerprint density at radius 2 is 1.83 bits per heavy atom. The van der Waals surface area contributed by atoms with Crippen molar-refractivity contribution in [2.75, 3.05) is 0 Å². The zero-order valence-corrected chi connectivity index (χ0v) is 11.8. The smallest absolute Gasteiger partial charge is 0.333 e. The molecule has 0 spiro atoms. The molecular formula is C10H13Cl2NO4S. The Bertz CT molecular complexity index is 500. The molecule has 0 unspecified atom stereocenters. The second-order valence-electron chi connectivity index (χ2n) is 3.69. The van der Waals surface area contributed by atoms with E-state index in [0.717, 1.165) is 0 Å². The summed E-state index contributed by atoms with van der Waals surface area (Å²) in [5.41, 5.74) is 0.226. The molecule has 0 aliphatic heterocycles. The molecule has 5 nitrogen and oxygen atoms in total. The Kier molecular flexibility index (Phi) is 5.39. The van der Waals surface area contributed by atoms with Crippen molar-refractivity contribution in [1.29, 1.82) is 0 Å². The average molecular weight is 314 g/mol. The van der Waals surface area contributed by atoms with E-state index in [-0.39, 0.29) is 22.0 Å². The highest BCUT2D eigenvalue weighted by Crippen LogP contribution is 2.32. The highest BCUT2D eigenvalue weighted by molar-refractivity contribution is 7.83. The third kappa shape index (κ3) is 4.08. The monoisotopic (exact) mass is 313 g/mol. The van der Waals surface area contributed by atoms with Crippen molar-refractivity contribution in [3.8, 4) is 0 Å². The predicted octanol–water partition coefficient (Wildman–Crippen LogP) is 2.20. The highest BCUT2D eigenvalue weighted by atomic mass is 35.5. The lowest BCUT2D eigenvalue weighted by molar-refractivity contribution is 0.135. The third-order valence-electron chi connectivity index (χ3n) is 2.42. The summed E-state index contributed by atoms with van der Waals surface area (Å²) in [6.07, 6.45) is -0.999. The van der Waals surface area contributed by atoms with Crippen LogP contribution >= 0.6 is 23.2 Å². The number of hydrogen-bond donors (Lipinski definition) is 3. The van der Waals surface area contributed by atoms with E-state index in [0.29, 0.717) is 0 Å². The number of rotatable bonds is 5. The van der Waals surface area contributed by atoms with Gasteiger partial charge in [-0.2, -0.15) is 13.1 Å². The first-order valence-electron chi connectivity index (χ1n) is 5.13. The summed E-state index contributed by atoms with van der Waals surface area (Å²) < 4.78 is 32.2. The van der Waals surface area contributed by atoms with Crippen molar-refractivity contribution in [2.45, 2.75) is 25.5 Å². The molecule has 0 aliphatic carbocycles. The molecule has 0 aliphatic rings. The van der Waals surface area contributed by atoms with Gasteiger partial charge in [-0.15, -0.1) is 0 Å². The lowest BCUT2D eigenvalue weighted by Gasteiger charge is -2.23. The van der Waals surface area contributed by atoms with Crippen molar-refractivity contribution in [3.63, 3.8) is 0 Å². The van der Waals surface area contributed by atoms with Crippen LogP contribution in [0.25, 0.3) is 0 Å². The number of hydrogen-bond acceptors (Lipinski definition) is 3. The molecule has 0 saturated heterocycles. The standard InChI is InChI=1S/C10H13Cl2NO4S/c1-2-8(13-18(15,16)17)10(14)9-6(11)4-3-5-7(9)12/h3-5,8,10,13-14H,2H2,1H3,(H,15,16,17)/t8-,10+/m0/s1. The normalized spacial score (nSPS) is 15.4.